The van der Waals surface area contributed by atoms with Crippen LogP contribution >= 0.6 is 0 Å². The number of nitrogens with one attached hydrogen (secondary N) is 2. The van der Waals surface area contributed by atoms with Gasteiger partial charge in [0.2, 0.25) is 11.9 Å². The lowest BCUT2D eigenvalue weighted by Crippen LogP contribution is -2.36. The summed E-state index contributed by atoms with van der Waals surface area (Å²) in [5.74, 6) is 0.255. The summed E-state index contributed by atoms with van der Waals surface area (Å²) in [6.45, 7) is 6.62. The van der Waals surface area contributed by atoms with Gasteiger partial charge in [0.05, 0.1) is 30.3 Å². The smallest absolute Gasteiger partial charge is 0.247 e. The lowest BCUT2D eigenvalue weighted by molar-refractivity contribution is -0.111. The summed E-state index contributed by atoms with van der Waals surface area (Å²) in [4.78, 5) is 22.9. The number of aromatic nitrogens is 2. The van der Waals surface area contributed by atoms with Crippen LogP contribution in [0, 0.1) is 0 Å². The van der Waals surface area contributed by atoms with Crippen molar-refractivity contribution in [1.29, 1.82) is 0 Å². The van der Waals surface area contributed by atoms with Gasteiger partial charge in [-0.15, -0.1) is 0 Å². The molecule has 30 heavy (non-hydrogen) atoms. The first kappa shape index (κ1) is 19.6. The number of anilines is 4. The van der Waals surface area contributed by atoms with Crippen LogP contribution in [0.4, 0.5) is 23.0 Å². The highest BCUT2D eigenvalue weighted by atomic mass is 16.5. The standard InChI is InChI=1S/C23H23N5O2/c1-2-22(29)25-18-7-5-6-17(16-18)19-10-11-24-23(26-19)27-20-8-3-4-9-21(20)28-12-14-30-15-13-28/h2-11,16H,1,12-15H2,(H,25,29)(H,24,26,27). The summed E-state index contributed by atoms with van der Waals surface area (Å²) in [7, 11) is 0. The summed E-state index contributed by atoms with van der Waals surface area (Å²) in [5, 5.41) is 6.12. The van der Waals surface area contributed by atoms with Gasteiger partial charge >= 0.3 is 0 Å². The normalized spacial score (nSPS) is 13.5. The van der Waals surface area contributed by atoms with Crippen LogP contribution in [0.25, 0.3) is 11.3 Å². The molecule has 1 aliphatic rings. The maximum absolute atomic E-state index is 11.6. The third-order valence-corrected chi connectivity index (χ3v) is 4.77. The summed E-state index contributed by atoms with van der Waals surface area (Å²) in [6, 6.07) is 17.5. The third-order valence-electron chi connectivity index (χ3n) is 4.77. The highest BCUT2D eigenvalue weighted by molar-refractivity contribution is 5.99. The highest BCUT2D eigenvalue weighted by Gasteiger charge is 2.15. The van der Waals surface area contributed by atoms with E-state index >= 15 is 0 Å². The van der Waals surface area contributed by atoms with E-state index in [4.69, 9.17) is 4.74 Å². The Labute approximate surface area is 175 Å². The number of hydrogen-bond donors (Lipinski definition) is 2. The zero-order chi connectivity index (χ0) is 20.8. The number of hydrogen-bond acceptors (Lipinski definition) is 6. The Morgan fingerprint density at radius 2 is 1.93 bits per heavy atom. The number of carbonyl (C=O) groups is 1. The van der Waals surface area contributed by atoms with Crippen molar-refractivity contribution in [1.82, 2.24) is 9.97 Å². The molecule has 152 valence electrons. The van der Waals surface area contributed by atoms with Crippen molar-refractivity contribution < 1.29 is 9.53 Å². The van der Waals surface area contributed by atoms with Crippen LogP contribution in [0.2, 0.25) is 0 Å². The zero-order valence-electron chi connectivity index (χ0n) is 16.5. The van der Waals surface area contributed by atoms with Crippen LogP contribution in [0.5, 0.6) is 0 Å². The molecule has 2 aromatic carbocycles. The van der Waals surface area contributed by atoms with Gasteiger partial charge in [-0.1, -0.05) is 30.8 Å². The van der Waals surface area contributed by atoms with Gasteiger partial charge in [-0.25, -0.2) is 9.97 Å². The van der Waals surface area contributed by atoms with Gasteiger partial charge in [0.15, 0.2) is 0 Å². The molecule has 2 heterocycles. The fourth-order valence-corrected chi connectivity index (χ4v) is 3.31. The predicted molar refractivity (Wildman–Crippen MR) is 119 cm³/mol. The molecule has 0 unspecified atom stereocenters. The topological polar surface area (TPSA) is 79.4 Å². The first-order valence-corrected chi connectivity index (χ1v) is 9.78. The first-order chi connectivity index (χ1) is 14.7. The molecule has 0 radical (unpaired) electrons. The summed E-state index contributed by atoms with van der Waals surface area (Å²) in [5.41, 5.74) is 4.37. The second kappa shape index (κ2) is 9.19. The molecule has 0 aliphatic carbocycles. The fraction of sp³-hybridized carbons (Fsp3) is 0.174. The summed E-state index contributed by atoms with van der Waals surface area (Å²) < 4.78 is 5.47. The maximum atomic E-state index is 11.6. The molecule has 0 spiro atoms. The van der Waals surface area contributed by atoms with E-state index in [1.54, 1.807) is 6.20 Å². The molecule has 0 saturated carbocycles. The molecular weight excluding hydrogens is 378 g/mol. The SMILES string of the molecule is C=CC(=O)Nc1cccc(-c2ccnc(Nc3ccccc3N3CCOCC3)n2)c1. The third kappa shape index (κ3) is 4.64. The molecule has 4 rings (SSSR count). The minimum absolute atomic E-state index is 0.253. The number of ether oxygens (including phenoxy) is 1. The molecule has 0 atom stereocenters. The van der Waals surface area contributed by atoms with Crippen LogP contribution in [-0.4, -0.2) is 42.2 Å². The Morgan fingerprint density at radius 1 is 1.10 bits per heavy atom. The number of nitrogens with zero attached hydrogens (tertiary/aromatic N) is 3. The zero-order valence-corrected chi connectivity index (χ0v) is 16.5. The minimum atomic E-state index is -0.253. The van der Waals surface area contributed by atoms with Crippen molar-refractivity contribution in [2.75, 3.05) is 41.8 Å². The van der Waals surface area contributed by atoms with Gasteiger partial charge in [0.25, 0.3) is 0 Å². The average molecular weight is 401 g/mol. The molecule has 7 nitrogen and oxygen atoms in total. The van der Waals surface area contributed by atoms with Gasteiger partial charge in [0, 0.05) is 30.5 Å². The van der Waals surface area contributed by atoms with Gasteiger partial charge in [-0.05, 0) is 36.4 Å². The van der Waals surface area contributed by atoms with Gasteiger partial charge in [0.1, 0.15) is 0 Å². The van der Waals surface area contributed by atoms with Gasteiger partial charge in [-0.2, -0.15) is 0 Å². The molecule has 1 amide bonds. The summed E-state index contributed by atoms with van der Waals surface area (Å²) in [6.07, 6.45) is 2.96. The quantitative estimate of drug-likeness (QED) is 0.611. The van der Waals surface area contributed by atoms with Crippen LogP contribution in [-0.2, 0) is 9.53 Å². The van der Waals surface area contributed by atoms with E-state index in [9.17, 15) is 4.79 Å². The Bertz CT molecular complexity index is 1050. The predicted octanol–water partition coefficient (Wildman–Crippen LogP) is 3.85. The monoisotopic (exact) mass is 401 g/mol. The van der Waals surface area contributed by atoms with Crippen LogP contribution < -0.4 is 15.5 Å². The minimum Gasteiger partial charge on any atom is -0.378 e. The molecule has 1 aliphatic heterocycles. The van der Waals surface area contributed by atoms with Crippen LogP contribution in [0.15, 0.2) is 73.4 Å². The van der Waals surface area contributed by atoms with Gasteiger partial charge in [-0.3, -0.25) is 4.79 Å². The second-order valence-corrected chi connectivity index (χ2v) is 6.78. The lowest BCUT2D eigenvalue weighted by Gasteiger charge is -2.30. The number of amides is 1. The highest BCUT2D eigenvalue weighted by Crippen LogP contribution is 2.29. The Kier molecular flexibility index (Phi) is 6.01. The molecule has 1 fully saturated rings. The fourth-order valence-electron chi connectivity index (χ4n) is 3.31. The number of benzene rings is 2. The number of carbonyl (C=O) groups excluding carboxylic acids is 1. The number of rotatable bonds is 6. The second-order valence-electron chi connectivity index (χ2n) is 6.78. The van der Waals surface area contributed by atoms with E-state index in [0.717, 1.165) is 48.9 Å². The van der Waals surface area contributed by atoms with E-state index in [0.29, 0.717) is 11.6 Å². The van der Waals surface area contributed by atoms with Crippen LogP contribution in [0.3, 0.4) is 0 Å². The lowest BCUT2D eigenvalue weighted by atomic mass is 10.1. The molecule has 1 saturated heterocycles. The van der Waals surface area contributed by atoms with Crippen molar-refractivity contribution in [3.63, 3.8) is 0 Å². The summed E-state index contributed by atoms with van der Waals surface area (Å²) >= 11 is 0. The van der Waals surface area contributed by atoms with E-state index < -0.39 is 0 Å². The van der Waals surface area contributed by atoms with Crippen molar-refractivity contribution in [2.24, 2.45) is 0 Å². The van der Waals surface area contributed by atoms with Crippen LogP contribution in [0.1, 0.15) is 0 Å². The van der Waals surface area contributed by atoms with Crippen molar-refractivity contribution in [3.05, 3.63) is 73.4 Å². The molecule has 2 N–H and O–H groups in total. The van der Waals surface area contributed by atoms with Gasteiger partial charge < -0.3 is 20.3 Å². The van der Waals surface area contributed by atoms with E-state index in [1.807, 2.05) is 48.5 Å². The number of para-hydroxylation sites is 2. The van der Waals surface area contributed by atoms with E-state index in [1.165, 1.54) is 6.08 Å². The van der Waals surface area contributed by atoms with Crippen molar-refractivity contribution in [3.8, 4) is 11.3 Å². The molecule has 0 bridgehead atoms. The van der Waals surface area contributed by atoms with Crippen molar-refractivity contribution in [2.45, 2.75) is 0 Å². The van der Waals surface area contributed by atoms with E-state index in [2.05, 4.69) is 38.1 Å². The first-order valence-electron chi connectivity index (χ1n) is 9.78. The Balaban J connectivity index is 1.57. The average Bonchev–Trinajstić information content (AvgIpc) is 2.80. The Hall–Kier alpha value is -3.71. The van der Waals surface area contributed by atoms with E-state index in [-0.39, 0.29) is 5.91 Å². The maximum Gasteiger partial charge on any atom is 0.247 e. The molecular formula is C23H23N5O2. The number of morpholine rings is 1. The molecule has 3 aromatic rings. The largest absolute Gasteiger partial charge is 0.378 e. The molecule has 1 aromatic heterocycles. The Morgan fingerprint density at radius 3 is 2.77 bits per heavy atom. The molecule has 7 heteroatoms. The van der Waals surface area contributed by atoms with Crippen molar-refractivity contribution >= 4 is 28.9 Å².